The molecule has 0 unspecified atom stereocenters. The van der Waals surface area contributed by atoms with Gasteiger partial charge in [0.05, 0.1) is 0 Å². The molecule has 0 aromatic heterocycles. The Labute approximate surface area is 86.1 Å². The Morgan fingerprint density at radius 1 is 1.08 bits per heavy atom. The van der Waals surface area contributed by atoms with Crippen molar-refractivity contribution in [2.24, 2.45) is 0 Å². The summed E-state index contributed by atoms with van der Waals surface area (Å²) in [5, 5.41) is 0. The van der Waals surface area contributed by atoms with E-state index in [1.54, 1.807) is 12.2 Å². The molecule has 13 heavy (non-hydrogen) atoms. The SMILES string of the molecule is C=C(C)CC.C=CC.C=CC.CC. The Kier molecular flexibility index (Phi) is 75.3. The lowest BCUT2D eigenvalue weighted by atomic mass is 10.3. The summed E-state index contributed by atoms with van der Waals surface area (Å²) in [6.45, 7) is 22.3. The van der Waals surface area contributed by atoms with E-state index >= 15 is 0 Å². The normalized spacial score (nSPS) is 5.38. The fraction of sp³-hybridized carbons (Fsp3) is 0.538. The highest BCUT2D eigenvalue weighted by Crippen LogP contribution is 1.88. The third-order valence-corrected chi connectivity index (χ3v) is 0.604. The van der Waals surface area contributed by atoms with Crippen LogP contribution in [-0.2, 0) is 0 Å². The molecular weight excluding hydrogens is 156 g/mol. The second-order valence-electron chi connectivity index (χ2n) is 2.13. The van der Waals surface area contributed by atoms with E-state index in [0.717, 1.165) is 6.42 Å². The summed E-state index contributed by atoms with van der Waals surface area (Å²) in [7, 11) is 0. The third-order valence-electron chi connectivity index (χ3n) is 0.604. The van der Waals surface area contributed by atoms with E-state index in [-0.39, 0.29) is 0 Å². The summed E-state index contributed by atoms with van der Waals surface area (Å²) in [5.41, 5.74) is 1.25. The highest BCUT2D eigenvalue weighted by Gasteiger charge is 1.67. The largest absolute Gasteiger partial charge is 0.103 e. The summed E-state index contributed by atoms with van der Waals surface area (Å²) in [4.78, 5) is 0. The highest BCUT2D eigenvalue weighted by molar-refractivity contribution is 4.84. The maximum atomic E-state index is 3.67. The van der Waals surface area contributed by atoms with E-state index in [9.17, 15) is 0 Å². The van der Waals surface area contributed by atoms with Gasteiger partial charge in [0, 0.05) is 0 Å². The van der Waals surface area contributed by atoms with Gasteiger partial charge in [-0.05, 0) is 27.2 Å². The van der Waals surface area contributed by atoms with Gasteiger partial charge in [-0.15, -0.1) is 19.7 Å². The fourth-order valence-electron chi connectivity index (χ4n) is 0. The lowest BCUT2D eigenvalue weighted by Gasteiger charge is -1.79. The van der Waals surface area contributed by atoms with Gasteiger partial charge in [0.1, 0.15) is 0 Å². The number of allylic oxidation sites excluding steroid dienone is 3. The van der Waals surface area contributed by atoms with Crippen molar-refractivity contribution in [3.8, 4) is 0 Å². The molecule has 0 amide bonds. The zero-order valence-electron chi connectivity index (χ0n) is 10.5. The molecule has 0 spiro atoms. The van der Waals surface area contributed by atoms with E-state index in [0.29, 0.717) is 0 Å². The molecule has 0 aliphatic rings. The topological polar surface area (TPSA) is 0 Å². The van der Waals surface area contributed by atoms with E-state index in [1.165, 1.54) is 5.57 Å². The molecule has 0 saturated heterocycles. The second-order valence-corrected chi connectivity index (χ2v) is 2.13. The minimum Gasteiger partial charge on any atom is -0.103 e. The summed E-state index contributed by atoms with van der Waals surface area (Å²) in [5.74, 6) is 0. The first-order chi connectivity index (χ1) is 6.10. The molecule has 0 saturated carbocycles. The highest BCUT2D eigenvalue weighted by atomic mass is 13.7. The molecule has 0 fully saturated rings. The van der Waals surface area contributed by atoms with Crippen molar-refractivity contribution in [3.63, 3.8) is 0 Å². The van der Waals surface area contributed by atoms with E-state index in [2.05, 4.69) is 26.7 Å². The van der Waals surface area contributed by atoms with Crippen LogP contribution < -0.4 is 0 Å². The van der Waals surface area contributed by atoms with Gasteiger partial charge in [-0.1, -0.05) is 38.5 Å². The predicted molar refractivity (Wildman–Crippen MR) is 68.2 cm³/mol. The van der Waals surface area contributed by atoms with Crippen molar-refractivity contribution < 1.29 is 0 Å². The Balaban J connectivity index is -0.0000000446. The first kappa shape index (κ1) is 22.8. The van der Waals surface area contributed by atoms with Crippen LogP contribution in [0.2, 0.25) is 0 Å². The van der Waals surface area contributed by atoms with Crippen LogP contribution in [-0.4, -0.2) is 0 Å². The van der Waals surface area contributed by atoms with Gasteiger partial charge < -0.3 is 0 Å². The summed E-state index contributed by atoms with van der Waals surface area (Å²) >= 11 is 0. The zero-order valence-corrected chi connectivity index (χ0v) is 10.5. The van der Waals surface area contributed by atoms with Crippen LogP contribution in [0.5, 0.6) is 0 Å². The lowest BCUT2D eigenvalue weighted by Crippen LogP contribution is -1.58. The van der Waals surface area contributed by atoms with Crippen molar-refractivity contribution in [2.75, 3.05) is 0 Å². The monoisotopic (exact) mass is 184 g/mol. The van der Waals surface area contributed by atoms with Gasteiger partial charge in [-0.25, -0.2) is 0 Å². The average Bonchev–Trinajstić information content (AvgIpc) is 2.11. The molecule has 80 valence electrons. The molecule has 0 aliphatic heterocycles. The number of hydrogen-bond donors (Lipinski definition) is 0. The maximum Gasteiger partial charge on any atom is -0.0354 e. The molecule has 0 atom stereocenters. The van der Waals surface area contributed by atoms with Crippen LogP contribution in [0.15, 0.2) is 37.5 Å². The smallest absolute Gasteiger partial charge is 0.0354 e. The number of hydrogen-bond acceptors (Lipinski definition) is 0. The summed E-state index contributed by atoms with van der Waals surface area (Å²) in [6.07, 6.45) is 4.61. The minimum absolute atomic E-state index is 1.11. The van der Waals surface area contributed by atoms with Crippen molar-refractivity contribution in [2.45, 2.75) is 48.0 Å². The molecule has 0 rings (SSSR count). The van der Waals surface area contributed by atoms with Gasteiger partial charge in [0.2, 0.25) is 0 Å². The Morgan fingerprint density at radius 3 is 1.15 bits per heavy atom. The van der Waals surface area contributed by atoms with Crippen LogP contribution in [0.1, 0.15) is 48.0 Å². The molecule has 0 N–H and O–H groups in total. The van der Waals surface area contributed by atoms with Crippen molar-refractivity contribution in [3.05, 3.63) is 37.5 Å². The van der Waals surface area contributed by atoms with Crippen LogP contribution in [0.3, 0.4) is 0 Å². The molecule has 0 nitrogen and oxygen atoms in total. The van der Waals surface area contributed by atoms with E-state index < -0.39 is 0 Å². The van der Waals surface area contributed by atoms with Gasteiger partial charge in [0.25, 0.3) is 0 Å². The van der Waals surface area contributed by atoms with Crippen LogP contribution >= 0.6 is 0 Å². The quantitative estimate of drug-likeness (QED) is 0.480. The molecule has 0 bridgehead atoms. The van der Waals surface area contributed by atoms with Crippen molar-refractivity contribution in [1.29, 1.82) is 0 Å². The second kappa shape index (κ2) is 43.0. The van der Waals surface area contributed by atoms with Crippen molar-refractivity contribution >= 4 is 0 Å². The molecular formula is C13H28. The first-order valence-electron chi connectivity index (χ1n) is 4.89. The Bertz CT molecular complexity index is 82.2. The van der Waals surface area contributed by atoms with Gasteiger partial charge in [-0.2, -0.15) is 0 Å². The molecule has 0 radical (unpaired) electrons. The summed E-state index contributed by atoms with van der Waals surface area (Å²) < 4.78 is 0. The first-order valence-corrected chi connectivity index (χ1v) is 4.89. The van der Waals surface area contributed by atoms with Crippen LogP contribution in [0, 0.1) is 0 Å². The third kappa shape index (κ3) is 641. The lowest BCUT2D eigenvalue weighted by molar-refractivity contribution is 1.11. The average molecular weight is 184 g/mol. The van der Waals surface area contributed by atoms with Gasteiger partial charge >= 0.3 is 0 Å². The Morgan fingerprint density at radius 2 is 1.15 bits per heavy atom. The minimum atomic E-state index is 1.11. The standard InChI is InChI=1S/C5H10.2C3H6.C2H6/c1-4-5(2)3;2*1-3-2;1-2/h2,4H2,1,3H3;2*3H,1H2,2H3;1-2H3. The Hall–Kier alpha value is -0.780. The molecule has 0 aromatic carbocycles. The maximum absolute atomic E-state index is 3.67. The van der Waals surface area contributed by atoms with Crippen LogP contribution in [0.25, 0.3) is 0 Å². The van der Waals surface area contributed by atoms with Crippen molar-refractivity contribution in [1.82, 2.24) is 0 Å². The molecule has 0 heterocycles. The fourth-order valence-corrected chi connectivity index (χ4v) is 0. The molecule has 0 aromatic rings. The molecule has 0 heteroatoms. The predicted octanol–water partition coefficient (Wildman–Crippen LogP) is 5.38. The van der Waals surface area contributed by atoms with E-state index in [1.807, 2.05) is 34.6 Å². The zero-order chi connectivity index (χ0) is 11.7. The van der Waals surface area contributed by atoms with Gasteiger partial charge in [0.15, 0.2) is 0 Å². The number of rotatable bonds is 1. The summed E-state index contributed by atoms with van der Waals surface area (Å²) in [6, 6.07) is 0. The molecule has 0 aliphatic carbocycles. The van der Waals surface area contributed by atoms with Crippen LogP contribution in [0.4, 0.5) is 0 Å². The van der Waals surface area contributed by atoms with E-state index in [4.69, 9.17) is 0 Å². The van der Waals surface area contributed by atoms with Gasteiger partial charge in [-0.3, -0.25) is 0 Å².